The summed E-state index contributed by atoms with van der Waals surface area (Å²) >= 11 is 0. The smallest absolute Gasteiger partial charge is 0.338 e. The predicted molar refractivity (Wildman–Crippen MR) is 107 cm³/mol. The van der Waals surface area contributed by atoms with Crippen molar-refractivity contribution in [1.82, 2.24) is 14.5 Å². The van der Waals surface area contributed by atoms with Crippen molar-refractivity contribution in [3.63, 3.8) is 0 Å². The number of ether oxygens (including phenoxy) is 1. The fraction of sp³-hybridized carbons (Fsp3) is 0.450. The first kappa shape index (κ1) is 19.8. The molecule has 1 aromatic carbocycles. The molecule has 9 heteroatoms. The zero-order chi connectivity index (χ0) is 20.4. The van der Waals surface area contributed by atoms with E-state index in [1.165, 1.54) is 34.1 Å². The highest BCUT2D eigenvalue weighted by atomic mass is 32.2. The number of aryl methyl sites for hydroxylation is 2. The summed E-state index contributed by atoms with van der Waals surface area (Å²) in [6, 6.07) is 7.98. The summed E-state index contributed by atoms with van der Waals surface area (Å²) in [5.41, 5.74) is 2.68. The molecule has 0 atom stereocenters. The number of hydrogen-bond donors (Lipinski definition) is 0. The van der Waals surface area contributed by atoms with Gasteiger partial charge in [-0.3, -0.25) is 0 Å². The number of nitrogens with zero attached hydrogens (tertiary/aromatic N) is 4. The largest absolute Gasteiger partial charge is 0.462 e. The van der Waals surface area contributed by atoms with Crippen molar-refractivity contribution < 1.29 is 17.9 Å². The fourth-order valence-electron chi connectivity index (χ4n) is 3.76. The molecule has 1 saturated heterocycles. The van der Waals surface area contributed by atoms with E-state index in [0.717, 1.165) is 30.8 Å². The lowest BCUT2D eigenvalue weighted by Crippen LogP contribution is -2.49. The third-order valence-electron chi connectivity index (χ3n) is 5.37. The molecule has 1 aliphatic carbocycles. The van der Waals surface area contributed by atoms with E-state index in [9.17, 15) is 13.2 Å². The Hall–Kier alpha value is -2.52. The molecule has 2 heterocycles. The molecule has 1 aromatic heterocycles. The van der Waals surface area contributed by atoms with Gasteiger partial charge in [0.05, 0.1) is 22.8 Å². The molecule has 0 N–H and O–H groups in total. The van der Waals surface area contributed by atoms with E-state index in [1.54, 1.807) is 6.92 Å². The fourth-order valence-corrected chi connectivity index (χ4v) is 5.18. The van der Waals surface area contributed by atoms with Gasteiger partial charge >= 0.3 is 5.97 Å². The maximum Gasteiger partial charge on any atom is 0.338 e. The maximum absolute atomic E-state index is 13.0. The van der Waals surface area contributed by atoms with Crippen LogP contribution in [0.2, 0.25) is 0 Å². The molecule has 29 heavy (non-hydrogen) atoms. The molecule has 4 rings (SSSR count). The summed E-state index contributed by atoms with van der Waals surface area (Å²) < 4.78 is 32.3. The Morgan fingerprint density at radius 2 is 1.79 bits per heavy atom. The van der Waals surface area contributed by atoms with E-state index < -0.39 is 16.0 Å². The summed E-state index contributed by atoms with van der Waals surface area (Å²) in [6.45, 7) is 3.88. The molecule has 0 bridgehead atoms. The van der Waals surface area contributed by atoms with Crippen LogP contribution in [0.15, 0.2) is 35.2 Å². The standard InChI is InChI=1S/C20H24N4O4S/c1-2-28-20(25)15-6-8-17(9-7-15)29(26,27)24-12-10-23(11-13-24)19-14-16-4-3-5-18(16)21-22-19/h6-9,14H,2-5,10-13H2,1H3. The summed E-state index contributed by atoms with van der Waals surface area (Å²) in [6.07, 6.45) is 3.14. The Morgan fingerprint density at radius 3 is 2.48 bits per heavy atom. The zero-order valence-electron chi connectivity index (χ0n) is 16.4. The summed E-state index contributed by atoms with van der Waals surface area (Å²) in [5.74, 6) is 0.363. The number of aromatic nitrogens is 2. The molecule has 154 valence electrons. The number of sulfonamides is 1. The third kappa shape index (κ3) is 3.97. The van der Waals surface area contributed by atoms with E-state index in [4.69, 9.17) is 4.74 Å². The second-order valence-corrected chi connectivity index (χ2v) is 9.10. The molecule has 0 saturated carbocycles. The zero-order valence-corrected chi connectivity index (χ0v) is 17.2. The number of anilines is 1. The number of fused-ring (bicyclic) bond motifs is 1. The van der Waals surface area contributed by atoms with Crippen LogP contribution in [0.4, 0.5) is 5.82 Å². The van der Waals surface area contributed by atoms with Crippen molar-refractivity contribution in [2.45, 2.75) is 31.1 Å². The van der Waals surface area contributed by atoms with Gasteiger partial charge in [0.1, 0.15) is 0 Å². The van der Waals surface area contributed by atoms with E-state index in [2.05, 4.69) is 21.2 Å². The molecule has 2 aliphatic rings. The normalized spacial score (nSPS) is 17.2. The van der Waals surface area contributed by atoms with Crippen molar-refractivity contribution >= 4 is 21.8 Å². The van der Waals surface area contributed by atoms with Crippen molar-refractivity contribution in [2.75, 3.05) is 37.7 Å². The maximum atomic E-state index is 13.0. The van der Waals surface area contributed by atoms with Gasteiger partial charge in [-0.2, -0.15) is 9.40 Å². The molecule has 0 radical (unpaired) electrons. The van der Waals surface area contributed by atoms with Crippen LogP contribution in [-0.2, 0) is 27.6 Å². The van der Waals surface area contributed by atoms with Gasteiger partial charge in [0, 0.05) is 26.2 Å². The van der Waals surface area contributed by atoms with Gasteiger partial charge in [-0.05, 0) is 62.1 Å². The Morgan fingerprint density at radius 1 is 1.07 bits per heavy atom. The SMILES string of the molecule is CCOC(=O)c1ccc(S(=O)(=O)N2CCN(c3cc4c(nn3)CCC4)CC2)cc1. The lowest BCUT2D eigenvalue weighted by Gasteiger charge is -2.34. The van der Waals surface area contributed by atoms with Crippen LogP contribution < -0.4 is 4.90 Å². The number of carbonyl (C=O) groups is 1. The Bertz CT molecular complexity index is 1000. The van der Waals surface area contributed by atoms with Gasteiger partial charge in [0.15, 0.2) is 5.82 Å². The van der Waals surface area contributed by atoms with Crippen molar-refractivity contribution in [3.8, 4) is 0 Å². The van der Waals surface area contributed by atoms with E-state index in [1.807, 2.05) is 0 Å². The minimum atomic E-state index is -3.61. The molecule has 0 unspecified atom stereocenters. The lowest BCUT2D eigenvalue weighted by molar-refractivity contribution is 0.0526. The first-order valence-corrected chi connectivity index (χ1v) is 11.3. The minimum absolute atomic E-state index is 0.177. The average molecular weight is 417 g/mol. The molecule has 1 fully saturated rings. The second-order valence-electron chi connectivity index (χ2n) is 7.16. The monoisotopic (exact) mass is 416 g/mol. The van der Waals surface area contributed by atoms with Crippen LogP contribution in [0.5, 0.6) is 0 Å². The molecule has 1 aliphatic heterocycles. The Labute approximate surface area is 170 Å². The van der Waals surface area contributed by atoms with Crippen molar-refractivity contribution in [1.29, 1.82) is 0 Å². The van der Waals surface area contributed by atoms with Gasteiger partial charge in [-0.15, -0.1) is 5.10 Å². The molecule has 0 spiro atoms. The van der Waals surface area contributed by atoms with E-state index >= 15 is 0 Å². The van der Waals surface area contributed by atoms with E-state index in [-0.39, 0.29) is 11.5 Å². The first-order chi connectivity index (χ1) is 14.0. The molecule has 2 aromatic rings. The number of esters is 1. The molecule has 8 nitrogen and oxygen atoms in total. The lowest BCUT2D eigenvalue weighted by atomic mass is 10.2. The van der Waals surface area contributed by atoms with Crippen LogP contribution >= 0.6 is 0 Å². The van der Waals surface area contributed by atoms with Crippen LogP contribution in [0.25, 0.3) is 0 Å². The van der Waals surface area contributed by atoms with Gasteiger partial charge < -0.3 is 9.64 Å². The topological polar surface area (TPSA) is 92.7 Å². The quantitative estimate of drug-likeness (QED) is 0.684. The Kier molecular flexibility index (Phi) is 5.51. The predicted octanol–water partition coefficient (Wildman–Crippen LogP) is 1.65. The van der Waals surface area contributed by atoms with Crippen LogP contribution in [-0.4, -0.2) is 61.7 Å². The Balaban J connectivity index is 1.42. The highest BCUT2D eigenvalue weighted by Crippen LogP contribution is 2.25. The number of benzene rings is 1. The van der Waals surface area contributed by atoms with Gasteiger partial charge in [0.2, 0.25) is 10.0 Å². The highest BCUT2D eigenvalue weighted by Gasteiger charge is 2.29. The molecule has 0 amide bonds. The van der Waals surface area contributed by atoms with Gasteiger partial charge in [0.25, 0.3) is 0 Å². The first-order valence-electron chi connectivity index (χ1n) is 9.87. The van der Waals surface area contributed by atoms with Crippen LogP contribution in [0, 0.1) is 0 Å². The van der Waals surface area contributed by atoms with Crippen LogP contribution in [0.1, 0.15) is 35.0 Å². The minimum Gasteiger partial charge on any atom is -0.462 e. The van der Waals surface area contributed by atoms with Gasteiger partial charge in [-0.25, -0.2) is 13.2 Å². The third-order valence-corrected chi connectivity index (χ3v) is 7.29. The highest BCUT2D eigenvalue weighted by molar-refractivity contribution is 7.89. The molecular formula is C20H24N4O4S. The van der Waals surface area contributed by atoms with Crippen molar-refractivity contribution in [2.24, 2.45) is 0 Å². The number of carbonyl (C=O) groups excluding carboxylic acids is 1. The van der Waals surface area contributed by atoms with Gasteiger partial charge in [-0.1, -0.05) is 0 Å². The van der Waals surface area contributed by atoms with Crippen LogP contribution in [0.3, 0.4) is 0 Å². The number of hydrogen-bond acceptors (Lipinski definition) is 7. The summed E-state index contributed by atoms with van der Waals surface area (Å²) in [4.78, 5) is 14.0. The average Bonchev–Trinajstić information content (AvgIpc) is 3.22. The second kappa shape index (κ2) is 8.08. The van der Waals surface area contributed by atoms with E-state index in [0.29, 0.717) is 31.7 Å². The summed E-state index contributed by atoms with van der Waals surface area (Å²) in [7, 11) is -3.61. The number of rotatable bonds is 5. The number of piperazine rings is 1. The van der Waals surface area contributed by atoms with Crippen molar-refractivity contribution in [3.05, 3.63) is 47.2 Å². The molecular weight excluding hydrogens is 392 g/mol. The summed E-state index contributed by atoms with van der Waals surface area (Å²) in [5, 5.41) is 8.65.